The van der Waals surface area contributed by atoms with Crippen molar-refractivity contribution < 1.29 is 4.42 Å². The molecular formula is C25H25N5O. The molecule has 31 heavy (non-hydrogen) atoms. The van der Waals surface area contributed by atoms with Crippen molar-refractivity contribution in [3.05, 3.63) is 70.9 Å². The van der Waals surface area contributed by atoms with Gasteiger partial charge in [0.15, 0.2) is 11.4 Å². The molecule has 0 unspecified atom stereocenters. The standard InChI is InChI=1S/C25H25N5O/c1-14(2)18-9-10-21-20(13-18)26-25(31-21)28-23-12-17(5)29-30(23)22-11-16(4)19-8-6-7-15(3)24(19)27-22/h6-14H,1-5H3,(H,26,28). The molecule has 3 heterocycles. The second-order valence-electron chi connectivity index (χ2n) is 8.38. The number of rotatable bonds is 4. The van der Waals surface area contributed by atoms with Crippen molar-refractivity contribution in [3.8, 4) is 5.82 Å². The van der Waals surface area contributed by atoms with Gasteiger partial charge >= 0.3 is 6.01 Å². The lowest BCUT2D eigenvalue weighted by atomic mass is 10.0. The number of aromatic nitrogens is 4. The molecule has 0 radical (unpaired) electrons. The van der Waals surface area contributed by atoms with Crippen LogP contribution < -0.4 is 5.32 Å². The highest BCUT2D eigenvalue weighted by Gasteiger charge is 2.15. The maximum atomic E-state index is 5.94. The Kier molecular flexibility index (Phi) is 4.50. The monoisotopic (exact) mass is 411 g/mol. The number of anilines is 2. The summed E-state index contributed by atoms with van der Waals surface area (Å²) in [5, 5.41) is 9.12. The van der Waals surface area contributed by atoms with Gasteiger partial charge in [-0.1, -0.05) is 38.1 Å². The third kappa shape index (κ3) is 3.44. The topological polar surface area (TPSA) is 68.8 Å². The van der Waals surface area contributed by atoms with Gasteiger partial charge in [0.1, 0.15) is 11.3 Å². The van der Waals surface area contributed by atoms with Gasteiger partial charge in [0.2, 0.25) is 0 Å². The smallest absolute Gasteiger partial charge is 0.301 e. The van der Waals surface area contributed by atoms with Crippen LogP contribution in [0.5, 0.6) is 0 Å². The Labute approximate surface area is 180 Å². The summed E-state index contributed by atoms with van der Waals surface area (Å²) in [7, 11) is 0. The highest BCUT2D eigenvalue weighted by atomic mass is 16.4. The van der Waals surface area contributed by atoms with Crippen LogP contribution in [-0.4, -0.2) is 19.7 Å². The Balaban J connectivity index is 1.57. The summed E-state index contributed by atoms with van der Waals surface area (Å²) in [5.74, 6) is 1.95. The fraction of sp³-hybridized carbons (Fsp3) is 0.240. The van der Waals surface area contributed by atoms with Crippen molar-refractivity contribution in [1.29, 1.82) is 0 Å². The van der Waals surface area contributed by atoms with Crippen molar-refractivity contribution in [3.63, 3.8) is 0 Å². The first-order chi connectivity index (χ1) is 14.9. The molecule has 0 saturated carbocycles. The predicted octanol–water partition coefficient (Wildman–Crippen LogP) is 6.35. The van der Waals surface area contributed by atoms with Crippen LogP contribution in [0.3, 0.4) is 0 Å². The van der Waals surface area contributed by atoms with E-state index in [2.05, 4.69) is 79.5 Å². The van der Waals surface area contributed by atoms with Crippen LogP contribution in [0, 0.1) is 20.8 Å². The third-order valence-electron chi connectivity index (χ3n) is 5.60. The van der Waals surface area contributed by atoms with Crippen molar-refractivity contribution in [2.75, 3.05) is 5.32 Å². The van der Waals surface area contributed by atoms with Crippen LogP contribution in [0.25, 0.3) is 27.8 Å². The van der Waals surface area contributed by atoms with Gasteiger partial charge in [-0.05, 0) is 61.6 Å². The third-order valence-corrected chi connectivity index (χ3v) is 5.60. The van der Waals surface area contributed by atoms with E-state index in [1.54, 1.807) is 0 Å². The number of pyridine rings is 1. The highest BCUT2D eigenvalue weighted by molar-refractivity contribution is 5.85. The molecule has 1 N–H and O–H groups in total. The van der Waals surface area contributed by atoms with E-state index < -0.39 is 0 Å². The van der Waals surface area contributed by atoms with E-state index in [0.717, 1.165) is 50.5 Å². The minimum Gasteiger partial charge on any atom is -0.423 e. The Morgan fingerprint density at radius 3 is 2.58 bits per heavy atom. The van der Waals surface area contributed by atoms with E-state index in [4.69, 9.17) is 9.40 Å². The Morgan fingerprint density at radius 2 is 1.77 bits per heavy atom. The summed E-state index contributed by atoms with van der Waals surface area (Å²) in [6.07, 6.45) is 0. The van der Waals surface area contributed by atoms with Gasteiger partial charge in [-0.2, -0.15) is 14.8 Å². The van der Waals surface area contributed by atoms with Crippen LogP contribution >= 0.6 is 0 Å². The lowest BCUT2D eigenvalue weighted by molar-refractivity contribution is 0.621. The minimum absolute atomic E-state index is 0.436. The van der Waals surface area contributed by atoms with Crippen LogP contribution in [0.1, 0.15) is 42.1 Å². The highest BCUT2D eigenvalue weighted by Crippen LogP contribution is 2.28. The number of benzene rings is 2. The molecule has 5 rings (SSSR count). The van der Waals surface area contributed by atoms with Gasteiger partial charge in [-0.25, -0.2) is 4.98 Å². The molecule has 0 aliphatic carbocycles. The summed E-state index contributed by atoms with van der Waals surface area (Å²) in [6.45, 7) is 10.5. The molecule has 0 aliphatic heterocycles. The zero-order valence-corrected chi connectivity index (χ0v) is 18.4. The minimum atomic E-state index is 0.436. The van der Waals surface area contributed by atoms with Crippen LogP contribution in [0.4, 0.5) is 11.8 Å². The van der Waals surface area contributed by atoms with Gasteiger partial charge in [0, 0.05) is 11.5 Å². The second kappa shape index (κ2) is 7.23. The number of fused-ring (bicyclic) bond motifs is 2. The molecule has 2 aromatic carbocycles. The molecule has 0 bridgehead atoms. The fourth-order valence-electron chi connectivity index (χ4n) is 3.88. The average molecular weight is 412 g/mol. The molecule has 0 saturated heterocycles. The number of hydrogen-bond acceptors (Lipinski definition) is 5. The van der Waals surface area contributed by atoms with Crippen molar-refractivity contribution >= 4 is 33.8 Å². The Morgan fingerprint density at radius 1 is 0.935 bits per heavy atom. The first-order valence-electron chi connectivity index (χ1n) is 10.5. The summed E-state index contributed by atoms with van der Waals surface area (Å²) < 4.78 is 7.74. The predicted molar refractivity (Wildman–Crippen MR) is 124 cm³/mol. The summed E-state index contributed by atoms with van der Waals surface area (Å²) in [5.41, 5.74) is 6.99. The van der Waals surface area contributed by atoms with Gasteiger partial charge in [0.25, 0.3) is 0 Å². The molecule has 0 atom stereocenters. The van der Waals surface area contributed by atoms with E-state index in [1.165, 1.54) is 5.56 Å². The maximum absolute atomic E-state index is 5.94. The number of aryl methyl sites for hydroxylation is 3. The Hall–Kier alpha value is -3.67. The molecule has 0 amide bonds. The quantitative estimate of drug-likeness (QED) is 0.373. The lowest BCUT2D eigenvalue weighted by Gasteiger charge is -2.11. The maximum Gasteiger partial charge on any atom is 0.301 e. The number of hydrogen-bond donors (Lipinski definition) is 1. The molecular weight excluding hydrogens is 386 g/mol. The zero-order chi connectivity index (χ0) is 21.7. The molecule has 0 fully saturated rings. The first-order valence-corrected chi connectivity index (χ1v) is 10.5. The van der Waals surface area contributed by atoms with Crippen LogP contribution in [0.2, 0.25) is 0 Å². The van der Waals surface area contributed by atoms with Crippen LogP contribution in [-0.2, 0) is 0 Å². The molecule has 6 heteroatoms. The van der Waals surface area contributed by atoms with Gasteiger partial charge in [0.05, 0.1) is 11.2 Å². The Bertz CT molecular complexity index is 1430. The second-order valence-corrected chi connectivity index (χ2v) is 8.38. The van der Waals surface area contributed by atoms with E-state index in [1.807, 2.05) is 23.7 Å². The van der Waals surface area contributed by atoms with Gasteiger partial charge in [-0.3, -0.25) is 5.32 Å². The lowest BCUT2D eigenvalue weighted by Crippen LogP contribution is -2.06. The molecule has 3 aromatic heterocycles. The summed E-state index contributed by atoms with van der Waals surface area (Å²) in [4.78, 5) is 9.54. The summed E-state index contributed by atoms with van der Waals surface area (Å²) in [6, 6.07) is 16.8. The van der Waals surface area contributed by atoms with Gasteiger partial charge in [-0.15, -0.1) is 0 Å². The first kappa shape index (κ1) is 19.3. The van der Waals surface area contributed by atoms with Crippen LogP contribution in [0.15, 0.2) is 52.9 Å². The van der Waals surface area contributed by atoms with E-state index in [0.29, 0.717) is 11.9 Å². The average Bonchev–Trinajstić information content (AvgIpc) is 3.30. The molecule has 0 aliphatic rings. The van der Waals surface area contributed by atoms with E-state index in [9.17, 15) is 0 Å². The molecule has 5 aromatic rings. The van der Waals surface area contributed by atoms with E-state index >= 15 is 0 Å². The number of oxazole rings is 1. The summed E-state index contributed by atoms with van der Waals surface area (Å²) >= 11 is 0. The SMILES string of the molecule is Cc1cc(Nc2nc3cc(C(C)C)ccc3o2)n(-c2cc(C)c3cccc(C)c3n2)n1. The van der Waals surface area contributed by atoms with Gasteiger partial charge < -0.3 is 4.42 Å². The fourth-order valence-corrected chi connectivity index (χ4v) is 3.88. The van der Waals surface area contributed by atoms with Crippen molar-refractivity contribution in [2.24, 2.45) is 0 Å². The van der Waals surface area contributed by atoms with E-state index in [-0.39, 0.29) is 0 Å². The molecule has 156 valence electrons. The molecule has 0 spiro atoms. The largest absolute Gasteiger partial charge is 0.423 e. The number of nitrogens with zero attached hydrogens (tertiary/aromatic N) is 4. The van der Waals surface area contributed by atoms with Crippen molar-refractivity contribution in [1.82, 2.24) is 19.7 Å². The zero-order valence-electron chi connectivity index (χ0n) is 18.4. The van der Waals surface area contributed by atoms with Crippen molar-refractivity contribution in [2.45, 2.75) is 40.5 Å². The normalized spacial score (nSPS) is 11.7. The number of para-hydroxylation sites is 1. The molecule has 6 nitrogen and oxygen atoms in total. The number of nitrogens with one attached hydrogen (secondary N) is 1.